The third kappa shape index (κ3) is 3.01. The number of thiophene rings is 1. The van der Waals surface area contributed by atoms with Gasteiger partial charge in [-0.15, -0.1) is 22.9 Å². The standard InChI is InChI=1S/C12H9BrCl2S/c13-12-10(15)7-11(16-12)9(14)6-8-4-2-1-3-5-8/h1-5,7,9H,6H2. The summed E-state index contributed by atoms with van der Waals surface area (Å²) in [7, 11) is 0. The third-order valence-corrected chi connectivity index (χ3v) is 5.34. The molecule has 0 amide bonds. The Hall–Kier alpha value is -0.0200. The van der Waals surface area contributed by atoms with E-state index in [1.807, 2.05) is 24.3 Å². The highest BCUT2D eigenvalue weighted by Gasteiger charge is 2.13. The van der Waals surface area contributed by atoms with Crippen molar-refractivity contribution in [3.63, 3.8) is 0 Å². The molecule has 0 radical (unpaired) electrons. The van der Waals surface area contributed by atoms with Gasteiger partial charge in [-0.05, 0) is 34.0 Å². The van der Waals surface area contributed by atoms with Crippen molar-refractivity contribution in [1.29, 1.82) is 0 Å². The number of rotatable bonds is 3. The van der Waals surface area contributed by atoms with Crippen LogP contribution in [0.3, 0.4) is 0 Å². The van der Waals surface area contributed by atoms with Crippen molar-refractivity contribution in [2.45, 2.75) is 11.8 Å². The Kier molecular flexibility index (Phi) is 4.31. The molecule has 1 aromatic carbocycles. The molecule has 0 fully saturated rings. The highest BCUT2D eigenvalue weighted by Crippen LogP contribution is 2.38. The summed E-state index contributed by atoms with van der Waals surface area (Å²) in [6, 6.07) is 12.1. The van der Waals surface area contributed by atoms with Crippen LogP contribution in [0.2, 0.25) is 5.02 Å². The van der Waals surface area contributed by atoms with Gasteiger partial charge in [0.05, 0.1) is 14.2 Å². The summed E-state index contributed by atoms with van der Waals surface area (Å²) < 4.78 is 0.947. The van der Waals surface area contributed by atoms with E-state index in [-0.39, 0.29) is 5.38 Å². The molecule has 1 aromatic heterocycles. The molecule has 0 aliphatic rings. The van der Waals surface area contributed by atoms with Gasteiger partial charge in [0.2, 0.25) is 0 Å². The van der Waals surface area contributed by atoms with Crippen LogP contribution in [-0.2, 0) is 6.42 Å². The molecule has 2 aromatic rings. The molecule has 0 N–H and O–H groups in total. The topological polar surface area (TPSA) is 0 Å². The second kappa shape index (κ2) is 5.54. The molecule has 1 heterocycles. The Labute approximate surface area is 117 Å². The fourth-order valence-corrected chi connectivity index (χ4v) is 3.54. The SMILES string of the molecule is Clc1cc(C(Cl)Cc2ccccc2)sc1Br. The normalized spacial score (nSPS) is 12.7. The van der Waals surface area contributed by atoms with Crippen molar-refractivity contribution >= 4 is 50.5 Å². The van der Waals surface area contributed by atoms with Crippen molar-refractivity contribution in [2.75, 3.05) is 0 Å². The van der Waals surface area contributed by atoms with Crippen LogP contribution in [0.4, 0.5) is 0 Å². The first kappa shape index (κ1) is 12.4. The van der Waals surface area contributed by atoms with E-state index in [0.29, 0.717) is 0 Å². The first-order valence-electron chi connectivity index (χ1n) is 4.79. The zero-order chi connectivity index (χ0) is 11.5. The fraction of sp³-hybridized carbons (Fsp3) is 0.167. The minimum Gasteiger partial charge on any atom is -0.130 e. The van der Waals surface area contributed by atoms with Crippen molar-refractivity contribution in [3.8, 4) is 0 Å². The van der Waals surface area contributed by atoms with Crippen LogP contribution in [-0.4, -0.2) is 0 Å². The number of halogens is 3. The second-order valence-corrected chi connectivity index (χ2v) is 6.76. The number of hydrogen-bond acceptors (Lipinski definition) is 1. The Morgan fingerprint density at radius 2 is 1.94 bits per heavy atom. The van der Waals surface area contributed by atoms with Crippen LogP contribution in [0.25, 0.3) is 0 Å². The van der Waals surface area contributed by atoms with E-state index < -0.39 is 0 Å². The van der Waals surface area contributed by atoms with Gasteiger partial charge in [0.15, 0.2) is 0 Å². The van der Waals surface area contributed by atoms with Crippen LogP contribution >= 0.6 is 50.5 Å². The van der Waals surface area contributed by atoms with E-state index in [2.05, 4.69) is 28.1 Å². The number of benzene rings is 1. The molecule has 0 spiro atoms. The van der Waals surface area contributed by atoms with Crippen LogP contribution in [0, 0.1) is 0 Å². The lowest BCUT2D eigenvalue weighted by molar-refractivity contribution is 0.940. The molecule has 84 valence electrons. The molecule has 16 heavy (non-hydrogen) atoms. The highest BCUT2D eigenvalue weighted by molar-refractivity contribution is 9.11. The molecule has 1 atom stereocenters. The van der Waals surface area contributed by atoms with E-state index in [9.17, 15) is 0 Å². The van der Waals surface area contributed by atoms with Crippen molar-refractivity contribution < 1.29 is 0 Å². The molecular weight excluding hydrogens is 327 g/mol. The van der Waals surface area contributed by atoms with E-state index in [1.54, 1.807) is 11.3 Å². The molecule has 0 bridgehead atoms. The maximum atomic E-state index is 6.36. The summed E-state index contributed by atoms with van der Waals surface area (Å²) in [5.41, 5.74) is 1.24. The van der Waals surface area contributed by atoms with E-state index in [1.165, 1.54) is 5.56 Å². The van der Waals surface area contributed by atoms with Gasteiger partial charge in [-0.1, -0.05) is 41.9 Å². The van der Waals surface area contributed by atoms with Gasteiger partial charge in [-0.25, -0.2) is 0 Å². The van der Waals surface area contributed by atoms with Crippen molar-refractivity contribution in [1.82, 2.24) is 0 Å². The maximum Gasteiger partial charge on any atom is 0.0887 e. The Morgan fingerprint density at radius 3 is 2.50 bits per heavy atom. The van der Waals surface area contributed by atoms with Crippen molar-refractivity contribution in [3.05, 3.63) is 55.6 Å². The summed E-state index contributed by atoms with van der Waals surface area (Å²) in [5.74, 6) is 0. The monoisotopic (exact) mass is 334 g/mol. The fourth-order valence-electron chi connectivity index (χ4n) is 1.44. The van der Waals surface area contributed by atoms with Gasteiger partial charge in [0.25, 0.3) is 0 Å². The minimum absolute atomic E-state index is 0.0174. The maximum absolute atomic E-state index is 6.36. The van der Waals surface area contributed by atoms with Crippen LogP contribution in [0.5, 0.6) is 0 Å². The van der Waals surface area contributed by atoms with Crippen LogP contribution in [0.1, 0.15) is 15.8 Å². The lowest BCUT2D eigenvalue weighted by Gasteiger charge is -2.06. The van der Waals surface area contributed by atoms with Gasteiger partial charge in [0.1, 0.15) is 0 Å². The quantitative estimate of drug-likeness (QED) is 0.632. The summed E-state index contributed by atoms with van der Waals surface area (Å²) in [4.78, 5) is 1.10. The molecule has 0 saturated heterocycles. The Balaban J connectivity index is 2.11. The summed E-state index contributed by atoms with van der Waals surface area (Å²) in [5, 5.41) is 0.718. The van der Waals surface area contributed by atoms with Crippen LogP contribution < -0.4 is 0 Å². The highest BCUT2D eigenvalue weighted by atomic mass is 79.9. The third-order valence-electron chi connectivity index (χ3n) is 2.23. The zero-order valence-electron chi connectivity index (χ0n) is 8.29. The molecule has 0 nitrogen and oxygen atoms in total. The van der Waals surface area contributed by atoms with E-state index in [0.717, 1.165) is 20.1 Å². The summed E-state index contributed by atoms with van der Waals surface area (Å²) >= 11 is 17.3. The molecule has 0 saturated carbocycles. The Morgan fingerprint density at radius 1 is 1.25 bits per heavy atom. The van der Waals surface area contributed by atoms with E-state index in [4.69, 9.17) is 23.2 Å². The molecule has 1 unspecified atom stereocenters. The predicted molar refractivity (Wildman–Crippen MR) is 75.8 cm³/mol. The van der Waals surface area contributed by atoms with Gasteiger partial charge in [-0.3, -0.25) is 0 Å². The lowest BCUT2D eigenvalue weighted by atomic mass is 10.1. The average molecular weight is 336 g/mol. The zero-order valence-corrected chi connectivity index (χ0v) is 12.2. The number of alkyl halides is 1. The average Bonchev–Trinajstić information content (AvgIpc) is 2.61. The lowest BCUT2D eigenvalue weighted by Crippen LogP contribution is -1.92. The van der Waals surface area contributed by atoms with Gasteiger partial charge < -0.3 is 0 Å². The Bertz CT molecular complexity index is 448. The van der Waals surface area contributed by atoms with Crippen LogP contribution in [0.15, 0.2) is 40.2 Å². The molecular formula is C12H9BrCl2S. The van der Waals surface area contributed by atoms with E-state index >= 15 is 0 Å². The van der Waals surface area contributed by atoms with Gasteiger partial charge in [-0.2, -0.15) is 0 Å². The first-order chi connectivity index (χ1) is 7.66. The minimum atomic E-state index is -0.0174. The summed E-state index contributed by atoms with van der Waals surface area (Å²) in [6.07, 6.45) is 0.825. The molecule has 0 aliphatic carbocycles. The van der Waals surface area contributed by atoms with Crippen molar-refractivity contribution in [2.24, 2.45) is 0 Å². The molecule has 0 aliphatic heterocycles. The van der Waals surface area contributed by atoms with Gasteiger partial charge in [0, 0.05) is 4.88 Å². The largest absolute Gasteiger partial charge is 0.130 e. The molecule has 2 rings (SSSR count). The number of hydrogen-bond donors (Lipinski definition) is 0. The molecule has 4 heteroatoms. The first-order valence-corrected chi connectivity index (χ1v) is 7.22. The predicted octanol–water partition coefficient (Wildman–Crippen LogP) is 5.69. The summed E-state index contributed by atoms with van der Waals surface area (Å²) in [6.45, 7) is 0. The second-order valence-electron chi connectivity index (χ2n) is 3.43. The van der Waals surface area contributed by atoms with Gasteiger partial charge >= 0.3 is 0 Å². The smallest absolute Gasteiger partial charge is 0.0887 e.